The summed E-state index contributed by atoms with van der Waals surface area (Å²) in [4.78, 5) is 11.6. The summed E-state index contributed by atoms with van der Waals surface area (Å²) in [6.45, 7) is 3.90. The van der Waals surface area contributed by atoms with Gasteiger partial charge in [0.2, 0.25) is 5.78 Å². The third-order valence-corrected chi connectivity index (χ3v) is 2.14. The minimum absolute atomic E-state index is 0.191. The Labute approximate surface area is 75.0 Å². The SMILES string of the molecule is C#CC(=O)c1snnc1C(C)C. The molecule has 0 atom stereocenters. The van der Waals surface area contributed by atoms with Crippen LogP contribution in [0, 0.1) is 12.3 Å². The summed E-state index contributed by atoms with van der Waals surface area (Å²) in [6.07, 6.45) is 4.98. The van der Waals surface area contributed by atoms with Crippen molar-refractivity contribution in [3.8, 4) is 12.3 Å². The maximum Gasteiger partial charge on any atom is 0.249 e. The summed E-state index contributed by atoms with van der Waals surface area (Å²) in [5, 5.41) is 3.84. The molecule has 4 heteroatoms. The largest absolute Gasteiger partial charge is 0.278 e. The molecule has 0 aliphatic heterocycles. The van der Waals surface area contributed by atoms with Crippen molar-refractivity contribution in [1.29, 1.82) is 0 Å². The molecule has 1 aromatic heterocycles. The van der Waals surface area contributed by atoms with Gasteiger partial charge in [-0.1, -0.05) is 18.3 Å². The van der Waals surface area contributed by atoms with Crippen LogP contribution in [0.1, 0.15) is 35.1 Å². The predicted molar refractivity (Wildman–Crippen MR) is 47.2 cm³/mol. The van der Waals surface area contributed by atoms with E-state index in [0.29, 0.717) is 10.6 Å². The molecule has 0 spiro atoms. The highest BCUT2D eigenvalue weighted by Gasteiger charge is 2.16. The minimum Gasteiger partial charge on any atom is -0.278 e. The van der Waals surface area contributed by atoms with Gasteiger partial charge in [0.05, 0.1) is 5.69 Å². The molecule has 3 nitrogen and oxygen atoms in total. The van der Waals surface area contributed by atoms with Crippen molar-refractivity contribution in [3.05, 3.63) is 10.6 Å². The van der Waals surface area contributed by atoms with Crippen molar-refractivity contribution in [2.75, 3.05) is 0 Å². The molecule has 0 bridgehead atoms. The summed E-state index contributed by atoms with van der Waals surface area (Å²) in [6, 6.07) is 0. The Morgan fingerprint density at radius 2 is 2.33 bits per heavy atom. The van der Waals surface area contributed by atoms with E-state index in [2.05, 4.69) is 15.5 Å². The van der Waals surface area contributed by atoms with Crippen LogP contribution in [-0.2, 0) is 0 Å². The summed E-state index contributed by atoms with van der Waals surface area (Å²) >= 11 is 1.06. The molecule has 1 rings (SSSR count). The summed E-state index contributed by atoms with van der Waals surface area (Å²) in [5.41, 5.74) is 0.697. The van der Waals surface area contributed by atoms with Gasteiger partial charge in [-0.3, -0.25) is 4.79 Å². The van der Waals surface area contributed by atoms with Gasteiger partial charge in [0.25, 0.3) is 0 Å². The maximum absolute atomic E-state index is 11.1. The van der Waals surface area contributed by atoms with Crippen molar-refractivity contribution in [3.63, 3.8) is 0 Å². The number of hydrogen-bond donors (Lipinski definition) is 0. The molecule has 0 amide bonds. The number of aromatic nitrogens is 2. The molecule has 0 aromatic carbocycles. The summed E-state index contributed by atoms with van der Waals surface area (Å²) < 4.78 is 3.69. The third-order valence-electron chi connectivity index (χ3n) is 1.40. The zero-order valence-corrected chi connectivity index (χ0v) is 7.68. The Balaban J connectivity index is 3.09. The third kappa shape index (κ3) is 1.51. The van der Waals surface area contributed by atoms with Gasteiger partial charge in [-0.2, -0.15) is 0 Å². The summed E-state index contributed by atoms with van der Waals surface area (Å²) in [5.74, 6) is 1.92. The van der Waals surface area contributed by atoms with Crippen LogP contribution in [0.4, 0.5) is 0 Å². The fraction of sp³-hybridized carbons (Fsp3) is 0.375. The maximum atomic E-state index is 11.1. The minimum atomic E-state index is -0.325. The number of hydrogen-bond acceptors (Lipinski definition) is 4. The van der Waals surface area contributed by atoms with Crippen LogP contribution in [0.15, 0.2) is 0 Å². The molecule has 0 saturated carbocycles. The lowest BCUT2D eigenvalue weighted by molar-refractivity contribution is 0.105. The van der Waals surface area contributed by atoms with E-state index in [-0.39, 0.29) is 11.7 Å². The monoisotopic (exact) mass is 180 g/mol. The van der Waals surface area contributed by atoms with Crippen LogP contribution in [0.2, 0.25) is 0 Å². The molecule has 0 radical (unpaired) electrons. The normalized spacial score (nSPS) is 9.83. The molecule has 1 heterocycles. The van der Waals surface area contributed by atoms with E-state index < -0.39 is 0 Å². The van der Waals surface area contributed by atoms with E-state index >= 15 is 0 Å². The van der Waals surface area contributed by atoms with Gasteiger partial charge in [-0.15, -0.1) is 11.5 Å². The topological polar surface area (TPSA) is 42.9 Å². The van der Waals surface area contributed by atoms with Gasteiger partial charge in [0, 0.05) is 0 Å². The molecular formula is C8H8N2OS. The Kier molecular flexibility index (Phi) is 2.56. The zero-order valence-electron chi connectivity index (χ0n) is 6.87. The smallest absolute Gasteiger partial charge is 0.249 e. The molecular weight excluding hydrogens is 172 g/mol. The number of nitrogens with zero attached hydrogens (tertiary/aromatic N) is 2. The highest BCUT2D eigenvalue weighted by Crippen LogP contribution is 2.19. The molecule has 0 fully saturated rings. The van der Waals surface area contributed by atoms with Gasteiger partial charge < -0.3 is 0 Å². The first-order chi connectivity index (χ1) is 5.66. The zero-order chi connectivity index (χ0) is 9.14. The van der Waals surface area contributed by atoms with Crippen LogP contribution in [0.5, 0.6) is 0 Å². The Hall–Kier alpha value is -1.21. The summed E-state index contributed by atoms with van der Waals surface area (Å²) in [7, 11) is 0. The van der Waals surface area contributed by atoms with E-state index in [1.807, 2.05) is 13.8 Å². The molecule has 12 heavy (non-hydrogen) atoms. The number of terminal acetylenes is 1. The molecule has 0 N–H and O–H groups in total. The van der Waals surface area contributed by atoms with Crippen LogP contribution in [0.25, 0.3) is 0 Å². The van der Waals surface area contributed by atoms with Gasteiger partial charge in [-0.25, -0.2) is 0 Å². The van der Waals surface area contributed by atoms with Crippen LogP contribution in [-0.4, -0.2) is 15.4 Å². The average Bonchev–Trinajstić information content (AvgIpc) is 2.50. The Morgan fingerprint density at radius 3 is 2.83 bits per heavy atom. The second-order valence-corrected chi connectivity index (χ2v) is 3.37. The van der Waals surface area contributed by atoms with E-state index in [9.17, 15) is 4.79 Å². The lowest BCUT2D eigenvalue weighted by atomic mass is 10.1. The standard InChI is InChI=1S/C8H8N2OS/c1-4-6(11)8-7(5(2)3)9-10-12-8/h1,5H,2-3H3. The molecule has 1 aromatic rings. The number of rotatable bonds is 2. The lowest BCUT2D eigenvalue weighted by Gasteiger charge is -1.98. The fourth-order valence-corrected chi connectivity index (χ4v) is 1.52. The van der Waals surface area contributed by atoms with Crippen LogP contribution >= 0.6 is 11.5 Å². The Bertz CT molecular complexity index is 335. The van der Waals surface area contributed by atoms with Crippen molar-refractivity contribution < 1.29 is 4.79 Å². The van der Waals surface area contributed by atoms with Crippen molar-refractivity contribution >= 4 is 17.3 Å². The van der Waals surface area contributed by atoms with Crippen molar-refractivity contribution in [1.82, 2.24) is 9.59 Å². The van der Waals surface area contributed by atoms with E-state index in [4.69, 9.17) is 6.42 Å². The predicted octanol–water partition coefficient (Wildman–Crippen LogP) is 1.48. The number of carbonyl (C=O) groups excluding carboxylic acids is 1. The average molecular weight is 180 g/mol. The number of ketones is 1. The Morgan fingerprint density at radius 1 is 1.67 bits per heavy atom. The first kappa shape index (κ1) is 8.88. The number of carbonyl (C=O) groups is 1. The van der Waals surface area contributed by atoms with Crippen LogP contribution in [0.3, 0.4) is 0 Å². The highest BCUT2D eigenvalue weighted by molar-refractivity contribution is 7.08. The van der Waals surface area contributed by atoms with Gasteiger partial charge >= 0.3 is 0 Å². The number of Topliss-reactive ketones (excluding diaryl/α,β-unsaturated/α-hetero) is 1. The molecule has 62 valence electrons. The van der Waals surface area contributed by atoms with Crippen molar-refractivity contribution in [2.24, 2.45) is 0 Å². The highest BCUT2D eigenvalue weighted by atomic mass is 32.1. The van der Waals surface area contributed by atoms with Gasteiger partial charge in [0.1, 0.15) is 4.88 Å². The van der Waals surface area contributed by atoms with Crippen LogP contribution < -0.4 is 0 Å². The molecule has 0 aliphatic rings. The molecule has 0 aliphatic carbocycles. The van der Waals surface area contributed by atoms with E-state index in [1.54, 1.807) is 0 Å². The lowest BCUT2D eigenvalue weighted by Crippen LogP contribution is -1.99. The first-order valence-electron chi connectivity index (χ1n) is 3.50. The van der Waals surface area contributed by atoms with Gasteiger partial charge in [-0.05, 0) is 23.4 Å². The second-order valence-electron chi connectivity index (χ2n) is 2.62. The first-order valence-corrected chi connectivity index (χ1v) is 4.27. The van der Waals surface area contributed by atoms with E-state index in [0.717, 1.165) is 11.5 Å². The van der Waals surface area contributed by atoms with Crippen molar-refractivity contribution in [2.45, 2.75) is 19.8 Å². The fourth-order valence-electron chi connectivity index (χ4n) is 0.798. The van der Waals surface area contributed by atoms with E-state index in [1.165, 1.54) is 0 Å². The quantitative estimate of drug-likeness (QED) is 0.393. The molecule has 0 saturated heterocycles. The second kappa shape index (κ2) is 3.46. The van der Waals surface area contributed by atoms with Gasteiger partial charge in [0.15, 0.2) is 0 Å². The molecule has 0 unspecified atom stereocenters.